The summed E-state index contributed by atoms with van der Waals surface area (Å²) in [5.41, 5.74) is 1.56. The third-order valence-corrected chi connectivity index (χ3v) is 20.7. The highest BCUT2D eigenvalue weighted by Crippen LogP contribution is 2.48. The SMILES string of the molecule is [C]=N[C@H]1[C@@H]2O[Si](C(C)C)(C(C)C)O[Si](C(C)C)(C(C)C)OC[C@H]2O[C@H]1n1ccc(OS(=O)(=O)c2c(C)cc(C)cc2C)nc1=O. The summed E-state index contributed by atoms with van der Waals surface area (Å²) in [7, 11) is -10.1. The Morgan fingerprint density at radius 3 is 2.02 bits per heavy atom. The van der Waals surface area contributed by atoms with Crippen LogP contribution in [-0.4, -0.2) is 66.7 Å². The van der Waals surface area contributed by atoms with Crippen molar-refractivity contribution in [2.24, 2.45) is 4.99 Å². The number of fused-ring (bicyclic) bond motifs is 1. The summed E-state index contributed by atoms with van der Waals surface area (Å²) in [6, 6.07) is 3.90. The van der Waals surface area contributed by atoms with Gasteiger partial charge in [-0.2, -0.15) is 13.4 Å². The van der Waals surface area contributed by atoms with Crippen LogP contribution in [0, 0.1) is 20.8 Å². The molecular weight excluding hydrogens is 631 g/mol. The summed E-state index contributed by atoms with van der Waals surface area (Å²) >= 11 is 0. The van der Waals surface area contributed by atoms with Crippen LogP contribution in [0.3, 0.4) is 0 Å². The first-order valence-corrected chi connectivity index (χ1v) is 20.9. The lowest BCUT2D eigenvalue weighted by atomic mass is 10.1. The Kier molecular flexibility index (Phi) is 10.4. The highest BCUT2D eigenvalue weighted by molar-refractivity contribution is 7.87. The van der Waals surface area contributed by atoms with Gasteiger partial charge in [0.1, 0.15) is 29.9 Å². The van der Waals surface area contributed by atoms with Gasteiger partial charge >= 0.3 is 32.9 Å². The second-order valence-electron chi connectivity index (χ2n) is 13.5. The van der Waals surface area contributed by atoms with E-state index < -0.39 is 57.4 Å². The van der Waals surface area contributed by atoms with Crippen molar-refractivity contribution in [2.45, 2.75) is 128 Å². The van der Waals surface area contributed by atoms with E-state index >= 15 is 0 Å². The van der Waals surface area contributed by atoms with Gasteiger partial charge in [0.25, 0.3) is 0 Å². The molecule has 45 heavy (non-hydrogen) atoms. The molecule has 4 rings (SSSR count). The minimum Gasteiger partial charge on any atom is -0.414 e. The lowest BCUT2D eigenvalue weighted by Gasteiger charge is -2.51. The highest BCUT2D eigenvalue weighted by atomic mass is 32.2. The Morgan fingerprint density at radius 2 is 1.53 bits per heavy atom. The van der Waals surface area contributed by atoms with Crippen LogP contribution in [0.5, 0.6) is 5.88 Å². The fraction of sp³-hybridized carbons (Fsp3) is 0.645. The fourth-order valence-corrected chi connectivity index (χ4v) is 19.4. The topological polar surface area (TPSA) is 128 Å². The summed E-state index contributed by atoms with van der Waals surface area (Å²) < 4.78 is 60.3. The number of rotatable bonds is 9. The van der Waals surface area contributed by atoms with Crippen molar-refractivity contribution in [2.75, 3.05) is 6.61 Å². The molecule has 3 heterocycles. The van der Waals surface area contributed by atoms with Crippen LogP contribution < -0.4 is 9.87 Å². The Hall–Kier alpha value is -2.21. The second-order valence-corrected chi connectivity index (χ2v) is 23.8. The first-order valence-electron chi connectivity index (χ1n) is 15.6. The average molecular weight is 678 g/mol. The second kappa shape index (κ2) is 13.1. The molecule has 11 nitrogen and oxygen atoms in total. The van der Waals surface area contributed by atoms with Crippen molar-refractivity contribution in [1.29, 1.82) is 0 Å². The van der Waals surface area contributed by atoms with Gasteiger partial charge in [0, 0.05) is 12.3 Å². The minimum atomic E-state index is -4.27. The van der Waals surface area contributed by atoms with Crippen LogP contribution >= 0.6 is 0 Å². The van der Waals surface area contributed by atoms with E-state index in [0.717, 1.165) is 5.56 Å². The summed E-state index contributed by atoms with van der Waals surface area (Å²) in [5.74, 6) is -0.373. The molecule has 0 saturated carbocycles. The van der Waals surface area contributed by atoms with Gasteiger partial charge in [0.2, 0.25) is 5.88 Å². The van der Waals surface area contributed by atoms with E-state index in [1.165, 1.54) is 16.8 Å². The zero-order chi connectivity index (χ0) is 33.6. The van der Waals surface area contributed by atoms with Crippen molar-refractivity contribution in [1.82, 2.24) is 9.55 Å². The monoisotopic (exact) mass is 677 g/mol. The van der Waals surface area contributed by atoms with E-state index in [-0.39, 0.29) is 39.5 Å². The Labute approximate surface area is 270 Å². The third-order valence-electron chi connectivity index (χ3n) is 8.92. The molecule has 0 spiro atoms. The number of benzene rings is 1. The number of ether oxygens (including phenoxy) is 1. The molecule has 2 aromatic rings. The van der Waals surface area contributed by atoms with Crippen molar-refractivity contribution in [3.8, 4) is 5.88 Å². The standard InChI is InChI=1S/C31H47N3O8SSi2/c1-18(2)44(19(3)4)38-17-25-28(41-45(42-44,20(5)6)21(7)8)27(32-12)30(39-25)34-14-13-26(33-31(34)35)40-43(36,37)29-23(10)15-22(9)16-24(29)11/h13-16,18-21,25,27-28,30H,17H2,1-11H3/t25-,27+,28-,30-/m1/s1. The molecule has 2 saturated heterocycles. The first-order chi connectivity index (χ1) is 20.9. The fourth-order valence-electron chi connectivity index (χ4n) is 6.86. The van der Waals surface area contributed by atoms with Crippen LogP contribution in [0.15, 0.2) is 39.1 Å². The number of nitrogens with zero attached hydrogens (tertiary/aromatic N) is 3. The van der Waals surface area contributed by atoms with Gasteiger partial charge in [-0.3, -0.25) is 9.56 Å². The zero-order valence-electron chi connectivity index (χ0n) is 28.2. The molecular formula is C31H47N3O8SSi2. The summed E-state index contributed by atoms with van der Waals surface area (Å²) in [6.45, 7) is 30.5. The van der Waals surface area contributed by atoms with Gasteiger partial charge < -0.3 is 21.9 Å². The molecule has 0 aliphatic carbocycles. The Bertz CT molecular complexity index is 1540. The maximum absolute atomic E-state index is 13.4. The van der Waals surface area contributed by atoms with Crippen LogP contribution in [0.2, 0.25) is 22.2 Å². The number of hydrogen-bond donors (Lipinski definition) is 0. The van der Waals surface area contributed by atoms with Gasteiger partial charge in [-0.25, -0.2) is 4.79 Å². The van der Waals surface area contributed by atoms with Crippen molar-refractivity contribution in [3.05, 3.63) is 51.6 Å². The smallest absolute Gasteiger partial charge is 0.353 e. The molecule has 14 heteroatoms. The van der Waals surface area contributed by atoms with E-state index in [1.807, 2.05) is 6.92 Å². The molecule has 2 aliphatic heterocycles. The number of aromatic nitrogens is 2. The van der Waals surface area contributed by atoms with Crippen LogP contribution in [0.1, 0.15) is 78.3 Å². The van der Waals surface area contributed by atoms with Crippen LogP contribution in [-0.2, 0) is 27.8 Å². The normalized spacial score (nSPS) is 25.0. The molecule has 0 amide bonds. The third kappa shape index (κ3) is 6.51. The van der Waals surface area contributed by atoms with Gasteiger partial charge in [-0.1, -0.05) is 73.1 Å². The average Bonchev–Trinajstić information content (AvgIpc) is 3.22. The van der Waals surface area contributed by atoms with Gasteiger partial charge in [-0.05, 0) is 54.1 Å². The molecule has 2 radical (unpaired) electrons. The molecule has 4 atom stereocenters. The molecule has 248 valence electrons. The van der Waals surface area contributed by atoms with Crippen molar-refractivity contribution in [3.63, 3.8) is 0 Å². The molecule has 0 unspecified atom stereocenters. The van der Waals surface area contributed by atoms with Gasteiger partial charge in [0.05, 0.1) is 6.61 Å². The Balaban J connectivity index is 1.70. The number of hydrogen-bond acceptors (Lipinski definition) is 10. The minimum absolute atomic E-state index is 0.0345. The van der Waals surface area contributed by atoms with Gasteiger partial charge in [0.15, 0.2) is 6.23 Å². The molecule has 2 aliphatic rings. The van der Waals surface area contributed by atoms with E-state index in [9.17, 15) is 13.2 Å². The van der Waals surface area contributed by atoms with E-state index in [2.05, 4.69) is 65.4 Å². The lowest BCUT2D eigenvalue weighted by molar-refractivity contribution is -0.0568. The molecule has 0 bridgehead atoms. The number of aryl methyl sites for hydroxylation is 3. The Morgan fingerprint density at radius 1 is 0.978 bits per heavy atom. The van der Waals surface area contributed by atoms with E-state index in [0.29, 0.717) is 11.1 Å². The maximum Gasteiger partial charge on any atom is 0.353 e. The van der Waals surface area contributed by atoms with Crippen molar-refractivity contribution >= 4 is 34.0 Å². The van der Waals surface area contributed by atoms with Crippen LogP contribution in [0.25, 0.3) is 0 Å². The molecule has 2 fully saturated rings. The molecule has 1 aromatic heterocycles. The number of aliphatic imine (C=N–C) groups is 1. The summed E-state index contributed by atoms with van der Waals surface area (Å²) in [6.07, 6.45) is -1.01. The first kappa shape index (κ1) is 35.6. The highest BCUT2D eigenvalue weighted by Gasteiger charge is 2.62. The predicted molar refractivity (Wildman–Crippen MR) is 176 cm³/mol. The summed E-state index contributed by atoms with van der Waals surface area (Å²) in [4.78, 5) is 21.2. The quantitative estimate of drug-likeness (QED) is 0.189. The summed E-state index contributed by atoms with van der Waals surface area (Å²) in [5, 5.41) is 0. The van der Waals surface area contributed by atoms with E-state index in [4.69, 9.17) is 28.6 Å². The zero-order valence-corrected chi connectivity index (χ0v) is 31.0. The predicted octanol–water partition coefficient (Wildman–Crippen LogP) is 5.61. The lowest BCUT2D eigenvalue weighted by Crippen LogP contribution is -2.65. The largest absolute Gasteiger partial charge is 0.414 e. The van der Waals surface area contributed by atoms with Crippen LogP contribution in [0.4, 0.5) is 0 Å². The molecule has 0 N–H and O–H groups in total. The van der Waals surface area contributed by atoms with Gasteiger partial charge in [-0.15, -0.1) is 0 Å². The maximum atomic E-state index is 13.4. The van der Waals surface area contributed by atoms with E-state index in [1.54, 1.807) is 26.0 Å². The van der Waals surface area contributed by atoms with Crippen molar-refractivity contribution < 1.29 is 30.3 Å². The molecule has 1 aromatic carbocycles.